The quantitative estimate of drug-likeness (QED) is 0.889. The molecule has 0 saturated heterocycles. The lowest BCUT2D eigenvalue weighted by atomic mass is 10.1. The van der Waals surface area contributed by atoms with Crippen LogP contribution >= 0.6 is 22.9 Å². The number of halogens is 1. The Morgan fingerprint density at radius 1 is 1.40 bits per heavy atom. The van der Waals surface area contributed by atoms with Crippen molar-refractivity contribution in [1.82, 2.24) is 5.32 Å². The Morgan fingerprint density at radius 3 is 2.90 bits per heavy atom. The van der Waals surface area contributed by atoms with E-state index in [1.807, 2.05) is 17.5 Å². The first kappa shape index (κ1) is 14.9. The molecule has 5 heteroatoms. The highest BCUT2D eigenvalue weighted by molar-refractivity contribution is 7.09. The zero-order chi connectivity index (χ0) is 14.4. The summed E-state index contributed by atoms with van der Waals surface area (Å²) < 4.78 is 5.08. The summed E-state index contributed by atoms with van der Waals surface area (Å²) in [5.41, 5.74) is 0.807. The van der Waals surface area contributed by atoms with Crippen molar-refractivity contribution >= 4 is 28.8 Å². The van der Waals surface area contributed by atoms with E-state index in [1.165, 1.54) is 4.88 Å². The molecule has 20 heavy (non-hydrogen) atoms. The van der Waals surface area contributed by atoms with Crippen molar-refractivity contribution in [2.45, 2.75) is 12.8 Å². The maximum Gasteiger partial charge on any atom is 0.224 e. The van der Waals surface area contributed by atoms with Crippen molar-refractivity contribution in [1.29, 1.82) is 0 Å². The topological polar surface area (TPSA) is 38.3 Å². The number of hydrogen-bond donors (Lipinski definition) is 1. The summed E-state index contributed by atoms with van der Waals surface area (Å²) in [6.07, 6.45) is 1.15. The summed E-state index contributed by atoms with van der Waals surface area (Å²) in [4.78, 5) is 13.1. The largest absolute Gasteiger partial charge is 0.497 e. The van der Waals surface area contributed by atoms with Gasteiger partial charge >= 0.3 is 0 Å². The fraction of sp³-hybridized carbons (Fsp3) is 0.267. The van der Waals surface area contributed by atoms with Crippen LogP contribution in [0.5, 0.6) is 5.75 Å². The number of benzene rings is 1. The van der Waals surface area contributed by atoms with Crippen LogP contribution in [0.1, 0.15) is 10.4 Å². The molecular formula is C15H16ClNO2S. The molecule has 0 radical (unpaired) electrons. The van der Waals surface area contributed by atoms with Gasteiger partial charge in [-0.25, -0.2) is 0 Å². The van der Waals surface area contributed by atoms with E-state index in [-0.39, 0.29) is 12.3 Å². The minimum atomic E-state index is -0.0198. The summed E-state index contributed by atoms with van der Waals surface area (Å²) in [7, 11) is 1.59. The van der Waals surface area contributed by atoms with E-state index in [2.05, 4.69) is 11.4 Å². The van der Waals surface area contributed by atoms with Gasteiger partial charge in [0.25, 0.3) is 0 Å². The van der Waals surface area contributed by atoms with Crippen LogP contribution in [0.3, 0.4) is 0 Å². The van der Waals surface area contributed by atoms with Gasteiger partial charge < -0.3 is 10.1 Å². The molecule has 0 bridgehead atoms. The lowest BCUT2D eigenvalue weighted by Gasteiger charge is -2.07. The molecule has 1 aromatic carbocycles. The number of methoxy groups -OCH3 is 1. The highest BCUT2D eigenvalue weighted by Crippen LogP contribution is 2.22. The Kier molecular flexibility index (Phi) is 5.44. The van der Waals surface area contributed by atoms with Gasteiger partial charge in [-0.2, -0.15) is 0 Å². The first-order valence-corrected chi connectivity index (χ1v) is 7.56. The molecule has 0 saturated carbocycles. The van der Waals surface area contributed by atoms with Crippen LogP contribution in [0.15, 0.2) is 35.7 Å². The molecule has 0 aliphatic heterocycles. The molecule has 3 nitrogen and oxygen atoms in total. The number of ether oxygens (including phenoxy) is 1. The molecule has 0 fully saturated rings. The Morgan fingerprint density at radius 2 is 2.25 bits per heavy atom. The molecule has 2 aromatic rings. The maximum atomic E-state index is 11.9. The predicted molar refractivity (Wildman–Crippen MR) is 82.7 cm³/mol. The monoisotopic (exact) mass is 309 g/mol. The lowest BCUT2D eigenvalue weighted by molar-refractivity contribution is -0.120. The van der Waals surface area contributed by atoms with Gasteiger partial charge in [0, 0.05) is 16.4 Å². The van der Waals surface area contributed by atoms with Gasteiger partial charge in [-0.05, 0) is 35.6 Å². The number of carbonyl (C=O) groups is 1. The number of amides is 1. The number of nitrogens with one attached hydrogen (secondary N) is 1. The average Bonchev–Trinajstić information content (AvgIpc) is 2.94. The Labute approximate surface area is 127 Å². The molecule has 0 aliphatic rings. The summed E-state index contributed by atoms with van der Waals surface area (Å²) >= 11 is 7.81. The summed E-state index contributed by atoms with van der Waals surface area (Å²) in [6.45, 7) is 0.646. The molecule has 1 N–H and O–H groups in total. The zero-order valence-corrected chi connectivity index (χ0v) is 12.8. The maximum absolute atomic E-state index is 11.9. The van der Waals surface area contributed by atoms with Gasteiger partial charge in [0.15, 0.2) is 0 Å². The van der Waals surface area contributed by atoms with Gasteiger partial charge in [0.1, 0.15) is 5.75 Å². The second-order valence-electron chi connectivity index (χ2n) is 4.31. The first-order chi connectivity index (χ1) is 9.69. The molecule has 0 spiro atoms. The van der Waals surface area contributed by atoms with E-state index in [1.54, 1.807) is 30.6 Å². The molecule has 1 amide bonds. The fourth-order valence-corrected chi connectivity index (χ4v) is 2.76. The number of hydrogen-bond acceptors (Lipinski definition) is 3. The molecule has 0 aliphatic carbocycles. The van der Waals surface area contributed by atoms with E-state index in [4.69, 9.17) is 16.3 Å². The summed E-state index contributed by atoms with van der Waals surface area (Å²) in [6, 6.07) is 9.42. The minimum absolute atomic E-state index is 0.0198. The molecule has 1 heterocycles. The van der Waals surface area contributed by atoms with Crippen molar-refractivity contribution in [2.75, 3.05) is 13.7 Å². The van der Waals surface area contributed by atoms with Crippen LogP contribution in [0.2, 0.25) is 5.02 Å². The van der Waals surface area contributed by atoms with Crippen molar-refractivity contribution in [3.63, 3.8) is 0 Å². The van der Waals surface area contributed by atoms with Crippen molar-refractivity contribution in [3.8, 4) is 5.75 Å². The Balaban J connectivity index is 1.82. The van der Waals surface area contributed by atoms with E-state index in [0.717, 1.165) is 12.0 Å². The van der Waals surface area contributed by atoms with Gasteiger partial charge in [-0.15, -0.1) is 11.3 Å². The van der Waals surface area contributed by atoms with E-state index >= 15 is 0 Å². The van der Waals surface area contributed by atoms with Crippen LogP contribution in [-0.2, 0) is 17.6 Å². The normalized spacial score (nSPS) is 10.3. The average molecular weight is 310 g/mol. The number of rotatable bonds is 6. The molecule has 0 unspecified atom stereocenters. The lowest BCUT2D eigenvalue weighted by Crippen LogP contribution is -2.27. The standard InChI is InChI=1S/C15H16ClNO2S/c1-19-12-5-4-11(14(16)10-12)9-15(18)17-7-6-13-3-2-8-20-13/h2-5,8,10H,6-7,9H2,1H3,(H,17,18). The van der Waals surface area contributed by atoms with Gasteiger partial charge in [-0.1, -0.05) is 23.7 Å². The third kappa shape index (κ3) is 4.25. The highest BCUT2D eigenvalue weighted by atomic mass is 35.5. The smallest absolute Gasteiger partial charge is 0.224 e. The zero-order valence-electron chi connectivity index (χ0n) is 11.2. The van der Waals surface area contributed by atoms with Crippen LogP contribution in [0, 0.1) is 0 Å². The molecule has 0 atom stereocenters. The van der Waals surface area contributed by atoms with Crippen LogP contribution in [-0.4, -0.2) is 19.6 Å². The Hall–Kier alpha value is -1.52. The third-order valence-corrected chi connectivity index (χ3v) is 4.17. The molecular weight excluding hydrogens is 294 g/mol. The predicted octanol–water partition coefficient (Wildman–Crippen LogP) is 3.31. The fourth-order valence-electron chi connectivity index (χ4n) is 1.81. The van der Waals surface area contributed by atoms with Gasteiger partial charge in [0.05, 0.1) is 13.5 Å². The molecule has 2 rings (SSSR count). The second kappa shape index (κ2) is 7.31. The number of carbonyl (C=O) groups excluding carboxylic acids is 1. The Bertz CT molecular complexity index is 569. The third-order valence-electron chi connectivity index (χ3n) is 2.88. The van der Waals surface area contributed by atoms with Gasteiger partial charge in [0.2, 0.25) is 5.91 Å². The van der Waals surface area contributed by atoms with Crippen LogP contribution < -0.4 is 10.1 Å². The minimum Gasteiger partial charge on any atom is -0.497 e. The SMILES string of the molecule is COc1ccc(CC(=O)NCCc2cccs2)c(Cl)c1. The molecule has 106 valence electrons. The van der Waals surface area contributed by atoms with E-state index in [9.17, 15) is 4.79 Å². The van der Waals surface area contributed by atoms with Gasteiger partial charge in [-0.3, -0.25) is 4.79 Å². The van der Waals surface area contributed by atoms with E-state index < -0.39 is 0 Å². The van der Waals surface area contributed by atoms with Crippen LogP contribution in [0.25, 0.3) is 0 Å². The summed E-state index contributed by atoms with van der Waals surface area (Å²) in [5, 5.41) is 5.49. The molecule has 1 aromatic heterocycles. The van der Waals surface area contributed by atoms with Crippen molar-refractivity contribution in [3.05, 3.63) is 51.2 Å². The summed E-state index contributed by atoms with van der Waals surface area (Å²) in [5.74, 6) is 0.672. The highest BCUT2D eigenvalue weighted by Gasteiger charge is 2.08. The van der Waals surface area contributed by atoms with Crippen molar-refractivity contribution < 1.29 is 9.53 Å². The van der Waals surface area contributed by atoms with Crippen LogP contribution in [0.4, 0.5) is 0 Å². The van der Waals surface area contributed by atoms with Crippen molar-refractivity contribution in [2.24, 2.45) is 0 Å². The van der Waals surface area contributed by atoms with E-state index in [0.29, 0.717) is 17.3 Å². The first-order valence-electron chi connectivity index (χ1n) is 6.30. The second-order valence-corrected chi connectivity index (χ2v) is 5.75. The number of thiophene rings is 1.